The third kappa shape index (κ3) is 4.04. The topological polar surface area (TPSA) is 98.3 Å². The number of halogens is 1. The first-order valence-electron chi connectivity index (χ1n) is 10.2. The number of carbonyl (C=O) groups excluding carboxylic acids is 3. The van der Waals surface area contributed by atoms with Crippen LogP contribution in [0.3, 0.4) is 0 Å². The molecule has 4 atom stereocenters. The molecule has 1 aromatic carbocycles. The highest BCUT2D eigenvalue weighted by Gasteiger charge is 2.48. The van der Waals surface area contributed by atoms with Crippen molar-refractivity contribution in [2.24, 2.45) is 29.6 Å². The second kappa shape index (κ2) is 8.19. The van der Waals surface area contributed by atoms with Crippen molar-refractivity contribution < 1.29 is 19.5 Å². The molecule has 154 valence electrons. The monoisotopic (exact) mass is 415 g/mol. The molecular weight excluding hydrogens is 392 g/mol. The molecule has 0 spiro atoms. The Morgan fingerprint density at radius 2 is 1.62 bits per heavy atom. The summed E-state index contributed by atoms with van der Waals surface area (Å²) in [6.45, 7) is 0. The van der Waals surface area contributed by atoms with Crippen LogP contribution in [0.2, 0.25) is 5.02 Å². The molecule has 0 heterocycles. The number of allylic oxidation sites excluding steroid dienone is 2. The summed E-state index contributed by atoms with van der Waals surface area (Å²) in [5, 5.41) is 17.5. The second-order valence-corrected chi connectivity index (χ2v) is 8.73. The Bertz CT molecular complexity index is 862. The van der Waals surface area contributed by atoms with Gasteiger partial charge in [0.1, 0.15) is 0 Å². The van der Waals surface area contributed by atoms with Gasteiger partial charge in [-0.05, 0) is 49.3 Å². The molecule has 29 heavy (non-hydrogen) atoms. The normalized spacial score (nSPS) is 28.3. The van der Waals surface area contributed by atoms with Crippen LogP contribution in [0.15, 0.2) is 30.4 Å². The maximum atomic E-state index is 12.8. The van der Waals surface area contributed by atoms with Crippen molar-refractivity contribution in [2.75, 3.05) is 10.6 Å². The molecule has 7 heteroatoms. The molecular formula is C22H24ClN2O4-. The molecule has 2 saturated carbocycles. The lowest BCUT2D eigenvalue weighted by Gasteiger charge is -2.27. The van der Waals surface area contributed by atoms with E-state index in [4.69, 9.17) is 11.6 Å². The molecule has 2 amide bonds. The van der Waals surface area contributed by atoms with Crippen molar-refractivity contribution in [3.8, 4) is 0 Å². The van der Waals surface area contributed by atoms with Crippen LogP contribution >= 0.6 is 11.6 Å². The summed E-state index contributed by atoms with van der Waals surface area (Å²) >= 11 is 6.32. The summed E-state index contributed by atoms with van der Waals surface area (Å²) in [4.78, 5) is 36.7. The Kier molecular flexibility index (Phi) is 5.63. The first kappa shape index (κ1) is 20.0. The molecule has 4 rings (SSSR count). The molecule has 2 fully saturated rings. The number of rotatable bonds is 5. The van der Waals surface area contributed by atoms with E-state index in [0.717, 1.165) is 25.7 Å². The fourth-order valence-electron chi connectivity index (χ4n) is 5.02. The lowest BCUT2D eigenvalue weighted by Crippen LogP contribution is -2.42. The number of aliphatic carboxylic acids is 1. The Morgan fingerprint density at radius 1 is 0.931 bits per heavy atom. The number of carboxylic acid groups (broad SMARTS) is 1. The molecule has 2 bridgehead atoms. The number of nitrogens with one attached hydrogen (secondary N) is 2. The minimum absolute atomic E-state index is 0.0195. The number of fused-ring (bicyclic) bond motifs is 2. The van der Waals surface area contributed by atoms with Crippen molar-refractivity contribution in [1.82, 2.24) is 0 Å². The Morgan fingerprint density at radius 3 is 2.28 bits per heavy atom. The molecule has 0 radical (unpaired) electrons. The molecule has 0 saturated heterocycles. The zero-order valence-corrected chi connectivity index (χ0v) is 16.8. The molecule has 0 aromatic heterocycles. The van der Waals surface area contributed by atoms with E-state index in [2.05, 4.69) is 10.6 Å². The SMILES string of the molecule is O=C(Nc1ccc(NC(=O)[C@@H]2[C@@H](C(=O)[O-])[C@H]3C=C[C@H]2C3)cc1Cl)C1CCCCC1. The van der Waals surface area contributed by atoms with Gasteiger partial charge in [0.25, 0.3) is 0 Å². The number of hydrogen-bond donors (Lipinski definition) is 2. The van der Waals surface area contributed by atoms with E-state index in [1.54, 1.807) is 18.2 Å². The number of benzene rings is 1. The van der Waals surface area contributed by atoms with Gasteiger partial charge in [-0.3, -0.25) is 9.59 Å². The van der Waals surface area contributed by atoms with Crippen molar-refractivity contribution in [2.45, 2.75) is 38.5 Å². The van der Waals surface area contributed by atoms with Gasteiger partial charge in [0.2, 0.25) is 11.8 Å². The second-order valence-electron chi connectivity index (χ2n) is 8.33. The van der Waals surface area contributed by atoms with Crippen molar-refractivity contribution in [1.29, 1.82) is 0 Å². The molecule has 3 aliphatic carbocycles. The lowest BCUT2D eigenvalue weighted by molar-refractivity contribution is -0.313. The van der Waals surface area contributed by atoms with Gasteiger partial charge >= 0.3 is 0 Å². The van der Waals surface area contributed by atoms with Crippen molar-refractivity contribution in [3.05, 3.63) is 35.4 Å². The molecule has 3 aliphatic rings. The highest BCUT2D eigenvalue weighted by Crippen LogP contribution is 2.48. The summed E-state index contributed by atoms with van der Waals surface area (Å²) in [5.41, 5.74) is 0.982. The Balaban J connectivity index is 1.41. The fraction of sp³-hybridized carbons (Fsp3) is 0.500. The zero-order chi connectivity index (χ0) is 20.5. The Labute approximate surface area is 174 Å². The highest BCUT2D eigenvalue weighted by molar-refractivity contribution is 6.34. The maximum absolute atomic E-state index is 12.8. The molecule has 0 unspecified atom stereocenters. The third-order valence-corrected chi connectivity index (χ3v) is 6.82. The first-order valence-corrected chi connectivity index (χ1v) is 10.6. The van der Waals surface area contributed by atoms with E-state index in [1.807, 2.05) is 12.2 Å². The predicted octanol–water partition coefficient (Wildman–Crippen LogP) is 2.99. The van der Waals surface area contributed by atoms with Gasteiger partial charge in [0, 0.05) is 23.5 Å². The van der Waals surface area contributed by atoms with Gasteiger partial charge in [0.15, 0.2) is 0 Å². The molecule has 2 N–H and O–H groups in total. The standard InChI is InChI=1S/C22H25ClN2O4/c23-16-11-15(8-9-17(16)25-20(26)12-4-2-1-3-5-12)24-21(27)18-13-6-7-14(10-13)19(18)22(28)29/h6-9,11-14,18-19H,1-5,10H2,(H,24,27)(H,25,26)(H,28,29)/p-1/t13-,14-,18-,19-/m0/s1. The first-order chi connectivity index (χ1) is 13.9. The smallest absolute Gasteiger partial charge is 0.228 e. The highest BCUT2D eigenvalue weighted by atomic mass is 35.5. The maximum Gasteiger partial charge on any atom is 0.228 e. The fourth-order valence-corrected chi connectivity index (χ4v) is 5.25. The van der Waals surface area contributed by atoms with E-state index in [0.29, 0.717) is 22.8 Å². The van der Waals surface area contributed by atoms with Crippen LogP contribution in [-0.2, 0) is 14.4 Å². The number of carbonyl (C=O) groups is 3. The van der Waals surface area contributed by atoms with Gasteiger partial charge in [0.05, 0.1) is 16.6 Å². The quantitative estimate of drug-likeness (QED) is 0.722. The van der Waals surface area contributed by atoms with Gasteiger partial charge < -0.3 is 20.5 Å². The van der Waals surface area contributed by atoms with Crippen LogP contribution in [0.5, 0.6) is 0 Å². The summed E-state index contributed by atoms with van der Waals surface area (Å²) in [6, 6.07) is 4.90. The average Bonchev–Trinajstić information content (AvgIpc) is 3.32. The Hall–Kier alpha value is -2.34. The van der Waals surface area contributed by atoms with Crippen LogP contribution < -0.4 is 15.7 Å². The third-order valence-electron chi connectivity index (χ3n) is 6.50. The van der Waals surface area contributed by atoms with E-state index in [1.165, 1.54) is 6.42 Å². The van der Waals surface area contributed by atoms with Crippen LogP contribution in [0.4, 0.5) is 11.4 Å². The van der Waals surface area contributed by atoms with Crippen LogP contribution in [0.25, 0.3) is 0 Å². The van der Waals surface area contributed by atoms with E-state index >= 15 is 0 Å². The number of carboxylic acids is 1. The number of hydrogen-bond acceptors (Lipinski definition) is 4. The van der Waals surface area contributed by atoms with E-state index in [9.17, 15) is 19.5 Å². The molecule has 1 aromatic rings. The average molecular weight is 416 g/mol. The van der Waals surface area contributed by atoms with Crippen LogP contribution in [-0.4, -0.2) is 17.8 Å². The summed E-state index contributed by atoms with van der Waals surface area (Å²) < 4.78 is 0. The van der Waals surface area contributed by atoms with Crippen molar-refractivity contribution in [3.63, 3.8) is 0 Å². The minimum Gasteiger partial charge on any atom is -0.550 e. The largest absolute Gasteiger partial charge is 0.550 e. The van der Waals surface area contributed by atoms with E-state index < -0.39 is 17.8 Å². The number of amides is 2. The summed E-state index contributed by atoms with van der Waals surface area (Å²) in [7, 11) is 0. The minimum atomic E-state index is -1.18. The van der Waals surface area contributed by atoms with Gasteiger partial charge in [-0.2, -0.15) is 0 Å². The van der Waals surface area contributed by atoms with Gasteiger partial charge in [-0.25, -0.2) is 0 Å². The predicted molar refractivity (Wildman–Crippen MR) is 108 cm³/mol. The lowest BCUT2D eigenvalue weighted by atomic mass is 9.82. The zero-order valence-electron chi connectivity index (χ0n) is 16.0. The molecule has 0 aliphatic heterocycles. The van der Waals surface area contributed by atoms with Gasteiger partial charge in [-0.15, -0.1) is 0 Å². The van der Waals surface area contributed by atoms with E-state index in [-0.39, 0.29) is 29.6 Å². The number of anilines is 2. The van der Waals surface area contributed by atoms with Crippen LogP contribution in [0, 0.1) is 29.6 Å². The summed E-state index contributed by atoms with van der Waals surface area (Å²) in [5.74, 6) is -3.17. The summed E-state index contributed by atoms with van der Waals surface area (Å²) in [6.07, 6.45) is 9.58. The molecule has 6 nitrogen and oxygen atoms in total. The van der Waals surface area contributed by atoms with Crippen LogP contribution in [0.1, 0.15) is 38.5 Å². The van der Waals surface area contributed by atoms with Crippen molar-refractivity contribution >= 4 is 40.8 Å². The van der Waals surface area contributed by atoms with Gasteiger partial charge in [-0.1, -0.05) is 43.0 Å².